The first-order valence-electron chi connectivity index (χ1n) is 8.39. The van der Waals surface area contributed by atoms with E-state index in [2.05, 4.69) is 10.3 Å². The number of imidazole rings is 1. The molecule has 0 bridgehead atoms. The fourth-order valence-electron chi connectivity index (χ4n) is 3.60. The molecule has 0 saturated heterocycles. The number of aryl methyl sites for hydroxylation is 1. The number of rotatable bonds is 2. The summed E-state index contributed by atoms with van der Waals surface area (Å²) in [4.78, 5) is 17.4. The molecule has 1 aromatic heterocycles. The minimum absolute atomic E-state index is 0.132. The summed E-state index contributed by atoms with van der Waals surface area (Å²) in [5.41, 5.74) is 3.20. The number of hydrogen-bond donors (Lipinski definition) is 2. The molecule has 1 aliphatic carbocycles. The van der Waals surface area contributed by atoms with E-state index in [1.807, 2.05) is 13.1 Å². The molecule has 134 valence electrons. The van der Waals surface area contributed by atoms with Crippen LogP contribution >= 0.6 is 23.2 Å². The fraction of sp³-hybridized carbons (Fsp3) is 0.263. The van der Waals surface area contributed by atoms with Gasteiger partial charge in [0.05, 0.1) is 27.0 Å². The molecule has 7 heteroatoms. The van der Waals surface area contributed by atoms with Crippen molar-refractivity contribution in [2.75, 3.05) is 5.32 Å². The molecule has 3 aromatic rings. The van der Waals surface area contributed by atoms with Crippen molar-refractivity contribution in [2.45, 2.75) is 25.2 Å². The Morgan fingerprint density at radius 3 is 2.88 bits per heavy atom. The molecule has 26 heavy (non-hydrogen) atoms. The molecule has 1 amide bonds. The van der Waals surface area contributed by atoms with Crippen LogP contribution in [0.15, 0.2) is 30.3 Å². The number of phenolic OH excluding ortho intramolecular Hbond substituents is 1. The number of benzene rings is 2. The van der Waals surface area contributed by atoms with Gasteiger partial charge in [-0.05, 0) is 48.6 Å². The number of aromatic hydroxyl groups is 1. The number of fused-ring (bicyclic) bond motifs is 2. The molecule has 5 nitrogen and oxygen atoms in total. The Morgan fingerprint density at radius 2 is 2.08 bits per heavy atom. The van der Waals surface area contributed by atoms with Gasteiger partial charge in [0.1, 0.15) is 5.75 Å². The van der Waals surface area contributed by atoms with Crippen LogP contribution in [0.3, 0.4) is 0 Å². The summed E-state index contributed by atoms with van der Waals surface area (Å²) in [6.45, 7) is 0. The minimum atomic E-state index is -0.308. The third-order valence-electron chi connectivity index (χ3n) is 4.96. The van der Waals surface area contributed by atoms with Crippen LogP contribution in [0.25, 0.3) is 11.0 Å². The first-order chi connectivity index (χ1) is 12.5. The number of carbonyl (C=O) groups is 1. The second-order valence-electron chi connectivity index (χ2n) is 6.53. The summed E-state index contributed by atoms with van der Waals surface area (Å²) in [7, 11) is 1.82. The van der Waals surface area contributed by atoms with Gasteiger partial charge in [-0.15, -0.1) is 0 Å². The van der Waals surface area contributed by atoms with E-state index in [4.69, 9.17) is 23.2 Å². The van der Waals surface area contributed by atoms with Crippen molar-refractivity contribution in [1.29, 1.82) is 0 Å². The molecule has 4 rings (SSSR count). The highest BCUT2D eigenvalue weighted by Gasteiger charge is 2.28. The third kappa shape index (κ3) is 2.81. The molecule has 0 radical (unpaired) electrons. The number of anilines is 1. The molecule has 1 heterocycles. The van der Waals surface area contributed by atoms with Crippen molar-refractivity contribution in [3.8, 4) is 5.75 Å². The summed E-state index contributed by atoms with van der Waals surface area (Å²) in [5, 5.41) is 13.8. The van der Waals surface area contributed by atoms with E-state index >= 15 is 0 Å². The Balaban J connectivity index is 1.67. The Kier molecular flexibility index (Phi) is 4.29. The van der Waals surface area contributed by atoms with Gasteiger partial charge in [0.15, 0.2) is 0 Å². The molecule has 2 aromatic carbocycles. The highest BCUT2D eigenvalue weighted by Crippen LogP contribution is 2.37. The molecule has 0 saturated carbocycles. The Bertz CT molecular complexity index is 1030. The maximum absolute atomic E-state index is 12.9. The smallest absolute Gasteiger partial charge is 0.234 e. The van der Waals surface area contributed by atoms with E-state index < -0.39 is 0 Å². The molecule has 0 aliphatic heterocycles. The van der Waals surface area contributed by atoms with Gasteiger partial charge in [0.2, 0.25) is 11.9 Å². The maximum Gasteiger partial charge on any atom is 0.234 e. The van der Waals surface area contributed by atoms with Crippen molar-refractivity contribution in [2.24, 2.45) is 7.05 Å². The number of phenols is 1. The summed E-state index contributed by atoms with van der Waals surface area (Å²) >= 11 is 12.1. The number of nitrogens with one attached hydrogen (secondary N) is 1. The minimum Gasteiger partial charge on any atom is -0.508 e. The molecular weight excluding hydrogens is 373 g/mol. The second-order valence-corrected chi connectivity index (χ2v) is 7.34. The molecule has 1 aliphatic rings. The zero-order valence-electron chi connectivity index (χ0n) is 14.1. The van der Waals surface area contributed by atoms with Crippen LogP contribution in [0.5, 0.6) is 5.75 Å². The summed E-state index contributed by atoms with van der Waals surface area (Å²) in [6, 6.07) is 8.77. The standard InChI is InChI=1S/C19H17Cl2N3O2/c1-24-16-9-14(21)13(20)8-15(16)22-19(24)23-18(26)12-6-2-5-11-10(12)4-3-7-17(11)25/h3-4,7-9,12,25H,2,5-6H2,1H3,(H,22,23,26). The molecule has 0 fully saturated rings. The van der Waals surface area contributed by atoms with Crippen LogP contribution in [0.4, 0.5) is 5.95 Å². The number of nitrogens with zero attached hydrogens (tertiary/aromatic N) is 2. The van der Waals surface area contributed by atoms with Gasteiger partial charge < -0.3 is 9.67 Å². The van der Waals surface area contributed by atoms with Gasteiger partial charge in [-0.3, -0.25) is 10.1 Å². The van der Waals surface area contributed by atoms with E-state index in [1.54, 1.807) is 28.8 Å². The van der Waals surface area contributed by atoms with E-state index in [9.17, 15) is 9.90 Å². The fourth-order valence-corrected chi connectivity index (χ4v) is 3.91. The van der Waals surface area contributed by atoms with E-state index in [0.29, 0.717) is 21.5 Å². The predicted octanol–water partition coefficient (Wildman–Crippen LogP) is 4.64. The van der Waals surface area contributed by atoms with Gasteiger partial charge >= 0.3 is 0 Å². The van der Waals surface area contributed by atoms with Crippen molar-refractivity contribution < 1.29 is 9.90 Å². The SMILES string of the molecule is Cn1c(NC(=O)C2CCCc3c(O)cccc32)nc2cc(Cl)c(Cl)cc21. The molecule has 1 atom stereocenters. The van der Waals surface area contributed by atoms with E-state index in [-0.39, 0.29) is 17.6 Å². The average Bonchev–Trinajstić information content (AvgIpc) is 2.90. The van der Waals surface area contributed by atoms with Crippen molar-refractivity contribution in [1.82, 2.24) is 9.55 Å². The summed E-state index contributed by atoms with van der Waals surface area (Å²) in [6.07, 6.45) is 2.38. The lowest BCUT2D eigenvalue weighted by Crippen LogP contribution is -2.26. The molecule has 0 spiro atoms. The van der Waals surface area contributed by atoms with Crippen LogP contribution in [-0.4, -0.2) is 20.6 Å². The van der Waals surface area contributed by atoms with Crippen LogP contribution < -0.4 is 5.32 Å². The highest BCUT2D eigenvalue weighted by molar-refractivity contribution is 6.42. The van der Waals surface area contributed by atoms with Crippen LogP contribution in [0.2, 0.25) is 10.0 Å². The summed E-state index contributed by atoms with van der Waals surface area (Å²) in [5.74, 6) is 0.257. The maximum atomic E-state index is 12.9. The zero-order chi connectivity index (χ0) is 18.4. The normalized spacial score (nSPS) is 16.5. The first kappa shape index (κ1) is 17.2. The zero-order valence-corrected chi connectivity index (χ0v) is 15.6. The lowest BCUT2D eigenvalue weighted by Gasteiger charge is -2.25. The van der Waals surface area contributed by atoms with Gasteiger partial charge in [-0.25, -0.2) is 4.98 Å². The van der Waals surface area contributed by atoms with Crippen LogP contribution in [0, 0.1) is 0 Å². The van der Waals surface area contributed by atoms with Crippen LogP contribution in [0.1, 0.15) is 29.9 Å². The number of carbonyl (C=O) groups excluding carboxylic acids is 1. The average molecular weight is 390 g/mol. The van der Waals surface area contributed by atoms with Crippen molar-refractivity contribution >= 4 is 46.1 Å². The number of halogens is 2. The van der Waals surface area contributed by atoms with Crippen LogP contribution in [-0.2, 0) is 18.3 Å². The lowest BCUT2D eigenvalue weighted by molar-refractivity contribution is -0.117. The monoisotopic (exact) mass is 389 g/mol. The number of amides is 1. The van der Waals surface area contributed by atoms with E-state index in [1.165, 1.54) is 0 Å². The van der Waals surface area contributed by atoms with Gasteiger partial charge in [-0.1, -0.05) is 35.3 Å². The van der Waals surface area contributed by atoms with Crippen molar-refractivity contribution in [3.63, 3.8) is 0 Å². The van der Waals surface area contributed by atoms with Gasteiger partial charge in [0, 0.05) is 7.05 Å². The summed E-state index contributed by atoms with van der Waals surface area (Å²) < 4.78 is 1.78. The Morgan fingerprint density at radius 1 is 1.31 bits per heavy atom. The molecular formula is C19H17Cl2N3O2. The van der Waals surface area contributed by atoms with Crippen molar-refractivity contribution in [3.05, 3.63) is 51.5 Å². The molecule has 2 N–H and O–H groups in total. The van der Waals surface area contributed by atoms with Gasteiger partial charge in [-0.2, -0.15) is 0 Å². The highest BCUT2D eigenvalue weighted by atomic mass is 35.5. The third-order valence-corrected chi connectivity index (χ3v) is 5.68. The Labute approximate surface area is 160 Å². The number of aromatic nitrogens is 2. The second kappa shape index (κ2) is 6.49. The largest absolute Gasteiger partial charge is 0.508 e. The lowest BCUT2D eigenvalue weighted by atomic mass is 9.82. The van der Waals surface area contributed by atoms with E-state index in [0.717, 1.165) is 35.9 Å². The quantitative estimate of drug-likeness (QED) is 0.670. The Hall–Kier alpha value is -2.24. The molecule has 1 unspecified atom stereocenters. The predicted molar refractivity (Wildman–Crippen MR) is 103 cm³/mol. The number of hydrogen-bond acceptors (Lipinski definition) is 3. The first-order valence-corrected chi connectivity index (χ1v) is 9.14. The topological polar surface area (TPSA) is 67.2 Å². The van der Waals surface area contributed by atoms with Gasteiger partial charge in [0.25, 0.3) is 0 Å².